The molecule has 0 amide bonds. The Morgan fingerprint density at radius 3 is 2.50 bits per heavy atom. The van der Waals surface area contributed by atoms with Gasteiger partial charge in [-0.3, -0.25) is 0 Å². The van der Waals surface area contributed by atoms with E-state index in [9.17, 15) is 4.79 Å². The molecule has 1 aromatic rings. The molecule has 0 radical (unpaired) electrons. The minimum atomic E-state index is -0.906. The van der Waals surface area contributed by atoms with Crippen LogP contribution in [0.15, 0.2) is 6.20 Å². The lowest BCUT2D eigenvalue weighted by Gasteiger charge is -2.27. The molecule has 1 heterocycles. The van der Waals surface area contributed by atoms with Crippen LogP contribution in [0.2, 0.25) is 0 Å². The molecule has 0 aliphatic heterocycles. The molecule has 0 fully saturated rings. The lowest BCUT2D eigenvalue weighted by molar-refractivity contribution is 0.0702. The zero-order valence-electron chi connectivity index (χ0n) is 10.1. The molecule has 1 rings (SSSR count). The third-order valence-corrected chi connectivity index (χ3v) is 3.16. The van der Waals surface area contributed by atoms with Crippen molar-refractivity contribution in [3.63, 3.8) is 0 Å². The van der Waals surface area contributed by atoms with Crippen LogP contribution in [-0.4, -0.2) is 28.6 Å². The minimum Gasteiger partial charge on any atom is -0.477 e. The molecular formula is C11H18N2O2S. The molecule has 0 bridgehead atoms. The standard InChI is InChI=1S/C11H18N2O2S/c1-7(2)6-13(8(3)4)11-12-5-9(16-11)10(14)15/h5,7-8H,6H2,1-4H3,(H,14,15). The highest BCUT2D eigenvalue weighted by Crippen LogP contribution is 2.25. The first-order valence-electron chi connectivity index (χ1n) is 5.37. The Bertz CT molecular complexity index is 361. The molecule has 5 heteroatoms. The highest BCUT2D eigenvalue weighted by Gasteiger charge is 2.17. The first-order chi connectivity index (χ1) is 7.41. The lowest BCUT2D eigenvalue weighted by Crippen LogP contribution is -2.33. The average Bonchev–Trinajstić information content (AvgIpc) is 2.61. The Morgan fingerprint density at radius 1 is 1.50 bits per heavy atom. The lowest BCUT2D eigenvalue weighted by atomic mass is 10.2. The number of rotatable bonds is 5. The molecule has 0 spiro atoms. The van der Waals surface area contributed by atoms with Gasteiger partial charge in [-0.25, -0.2) is 9.78 Å². The summed E-state index contributed by atoms with van der Waals surface area (Å²) in [5.74, 6) is -0.378. The van der Waals surface area contributed by atoms with Gasteiger partial charge in [0.1, 0.15) is 4.88 Å². The van der Waals surface area contributed by atoms with Crippen molar-refractivity contribution in [3.8, 4) is 0 Å². The number of carboxylic acid groups (broad SMARTS) is 1. The molecule has 0 saturated carbocycles. The number of carbonyl (C=O) groups is 1. The second-order valence-electron chi connectivity index (χ2n) is 4.45. The maximum atomic E-state index is 10.8. The summed E-state index contributed by atoms with van der Waals surface area (Å²) >= 11 is 1.23. The fourth-order valence-corrected chi connectivity index (χ4v) is 2.30. The van der Waals surface area contributed by atoms with Crippen LogP contribution in [0.1, 0.15) is 37.4 Å². The maximum absolute atomic E-state index is 10.8. The van der Waals surface area contributed by atoms with Crippen LogP contribution >= 0.6 is 11.3 Å². The maximum Gasteiger partial charge on any atom is 0.347 e. The van der Waals surface area contributed by atoms with Crippen molar-refractivity contribution in [2.24, 2.45) is 5.92 Å². The molecular weight excluding hydrogens is 224 g/mol. The van der Waals surface area contributed by atoms with E-state index in [1.54, 1.807) is 0 Å². The van der Waals surface area contributed by atoms with Crippen LogP contribution in [0.4, 0.5) is 5.13 Å². The van der Waals surface area contributed by atoms with Crippen molar-refractivity contribution in [1.29, 1.82) is 0 Å². The summed E-state index contributed by atoms with van der Waals surface area (Å²) in [5.41, 5.74) is 0. The van der Waals surface area contributed by atoms with Crippen molar-refractivity contribution in [2.75, 3.05) is 11.4 Å². The summed E-state index contributed by atoms with van der Waals surface area (Å²) in [6.45, 7) is 9.35. The van der Waals surface area contributed by atoms with E-state index in [2.05, 4.69) is 37.6 Å². The Labute approximate surface area is 99.9 Å². The predicted molar refractivity (Wildman–Crippen MR) is 66.4 cm³/mol. The smallest absolute Gasteiger partial charge is 0.347 e. The van der Waals surface area contributed by atoms with Crippen LogP contribution in [-0.2, 0) is 0 Å². The summed E-state index contributed by atoms with van der Waals surface area (Å²) in [4.78, 5) is 17.4. The van der Waals surface area contributed by atoms with E-state index >= 15 is 0 Å². The number of nitrogens with zero attached hydrogens (tertiary/aromatic N) is 2. The molecule has 16 heavy (non-hydrogen) atoms. The van der Waals surface area contributed by atoms with Crippen molar-refractivity contribution in [2.45, 2.75) is 33.7 Å². The molecule has 0 unspecified atom stereocenters. The summed E-state index contributed by atoms with van der Waals surface area (Å²) in [5, 5.41) is 9.65. The first kappa shape index (κ1) is 13.0. The quantitative estimate of drug-likeness (QED) is 0.862. The van der Waals surface area contributed by atoms with Crippen LogP contribution in [0, 0.1) is 5.92 Å². The number of carboxylic acids is 1. The molecule has 0 aliphatic rings. The summed E-state index contributed by atoms with van der Waals surface area (Å²) in [7, 11) is 0. The van der Waals surface area contributed by atoms with Crippen molar-refractivity contribution in [1.82, 2.24) is 4.98 Å². The van der Waals surface area contributed by atoms with Gasteiger partial charge in [-0.1, -0.05) is 25.2 Å². The molecule has 0 aromatic carbocycles. The van der Waals surface area contributed by atoms with E-state index in [1.807, 2.05) is 0 Å². The van der Waals surface area contributed by atoms with Gasteiger partial charge < -0.3 is 10.0 Å². The van der Waals surface area contributed by atoms with Crippen molar-refractivity contribution in [3.05, 3.63) is 11.1 Å². The minimum absolute atomic E-state index is 0.296. The second-order valence-corrected chi connectivity index (χ2v) is 5.46. The molecule has 0 aliphatic carbocycles. The van der Waals surface area contributed by atoms with Crippen LogP contribution < -0.4 is 4.90 Å². The molecule has 90 valence electrons. The van der Waals surface area contributed by atoms with E-state index in [-0.39, 0.29) is 0 Å². The molecule has 4 nitrogen and oxygen atoms in total. The van der Waals surface area contributed by atoms with Gasteiger partial charge in [-0.15, -0.1) is 0 Å². The Kier molecular flexibility index (Phi) is 4.29. The first-order valence-corrected chi connectivity index (χ1v) is 6.19. The van der Waals surface area contributed by atoms with Crippen molar-refractivity contribution < 1.29 is 9.90 Å². The number of aromatic nitrogens is 1. The number of hydrogen-bond donors (Lipinski definition) is 1. The van der Waals surface area contributed by atoms with Gasteiger partial charge in [-0.05, 0) is 19.8 Å². The van der Waals surface area contributed by atoms with E-state index in [0.29, 0.717) is 16.8 Å². The van der Waals surface area contributed by atoms with Gasteiger partial charge in [0, 0.05) is 12.6 Å². The van der Waals surface area contributed by atoms with E-state index in [4.69, 9.17) is 5.11 Å². The number of thiazole rings is 1. The summed E-state index contributed by atoms with van der Waals surface area (Å²) in [6, 6.07) is 0.329. The zero-order valence-corrected chi connectivity index (χ0v) is 10.9. The van der Waals surface area contributed by atoms with Gasteiger partial charge >= 0.3 is 5.97 Å². The van der Waals surface area contributed by atoms with Gasteiger partial charge in [-0.2, -0.15) is 0 Å². The third kappa shape index (κ3) is 3.20. The summed E-state index contributed by atoms with van der Waals surface area (Å²) in [6.07, 6.45) is 1.43. The average molecular weight is 242 g/mol. The van der Waals surface area contributed by atoms with Gasteiger partial charge in [0.25, 0.3) is 0 Å². The number of anilines is 1. The van der Waals surface area contributed by atoms with E-state index in [1.165, 1.54) is 17.5 Å². The molecule has 0 saturated heterocycles. The highest BCUT2D eigenvalue weighted by atomic mass is 32.1. The SMILES string of the molecule is CC(C)CN(c1ncc(C(=O)O)s1)C(C)C. The molecule has 0 atom stereocenters. The van der Waals surface area contributed by atoms with Crippen LogP contribution in [0.25, 0.3) is 0 Å². The van der Waals surface area contributed by atoms with Gasteiger partial charge in [0.2, 0.25) is 0 Å². The topological polar surface area (TPSA) is 53.4 Å². The molecule has 1 N–H and O–H groups in total. The fourth-order valence-electron chi connectivity index (χ4n) is 1.40. The third-order valence-electron chi connectivity index (χ3n) is 2.14. The van der Waals surface area contributed by atoms with Crippen LogP contribution in [0.3, 0.4) is 0 Å². The van der Waals surface area contributed by atoms with Gasteiger partial charge in [0.15, 0.2) is 5.13 Å². The van der Waals surface area contributed by atoms with Gasteiger partial charge in [0.05, 0.1) is 6.20 Å². The Morgan fingerprint density at radius 2 is 2.12 bits per heavy atom. The zero-order chi connectivity index (χ0) is 12.3. The summed E-state index contributed by atoms with van der Waals surface area (Å²) < 4.78 is 0. The van der Waals surface area contributed by atoms with E-state index in [0.717, 1.165) is 11.7 Å². The highest BCUT2D eigenvalue weighted by molar-refractivity contribution is 7.17. The normalized spacial score (nSPS) is 11.1. The number of aromatic carboxylic acids is 1. The number of hydrogen-bond acceptors (Lipinski definition) is 4. The Balaban J connectivity index is 2.88. The molecule has 1 aromatic heterocycles. The van der Waals surface area contributed by atoms with Crippen molar-refractivity contribution >= 4 is 22.4 Å². The Hall–Kier alpha value is -1.10. The van der Waals surface area contributed by atoms with E-state index < -0.39 is 5.97 Å². The largest absolute Gasteiger partial charge is 0.477 e. The monoisotopic (exact) mass is 242 g/mol. The second kappa shape index (κ2) is 5.30. The van der Waals surface area contributed by atoms with Crippen LogP contribution in [0.5, 0.6) is 0 Å². The fraction of sp³-hybridized carbons (Fsp3) is 0.636. The predicted octanol–water partition coefficient (Wildman–Crippen LogP) is 2.71.